The maximum absolute atomic E-state index is 13.0. The molecule has 6 rings (SSSR count). The predicted octanol–water partition coefficient (Wildman–Crippen LogP) is 5.21. The number of rotatable bonds is 6. The average Bonchev–Trinajstić information content (AvgIpc) is 3.67. The highest BCUT2D eigenvalue weighted by atomic mass is 32.1. The van der Waals surface area contributed by atoms with Crippen LogP contribution in [0.2, 0.25) is 0 Å². The lowest BCUT2D eigenvalue weighted by atomic mass is 9.97. The van der Waals surface area contributed by atoms with Gasteiger partial charge in [0.25, 0.3) is 5.91 Å². The SMILES string of the molecule is Cc1nc(C2CCOC2)sc1C(=O)Nc1nc(-c2ccc3c(c2)CCC(=O)N3Cc2cccnc2)cs1. The summed E-state index contributed by atoms with van der Waals surface area (Å²) in [7, 11) is 0. The van der Waals surface area contributed by atoms with Gasteiger partial charge in [-0.2, -0.15) is 0 Å². The zero-order valence-corrected chi connectivity index (χ0v) is 21.9. The van der Waals surface area contributed by atoms with Gasteiger partial charge in [0.15, 0.2) is 5.13 Å². The predicted molar refractivity (Wildman–Crippen MR) is 144 cm³/mol. The van der Waals surface area contributed by atoms with Gasteiger partial charge in [0, 0.05) is 48.0 Å². The summed E-state index contributed by atoms with van der Waals surface area (Å²) in [6.07, 6.45) is 5.63. The van der Waals surface area contributed by atoms with E-state index >= 15 is 0 Å². The molecule has 0 saturated carbocycles. The van der Waals surface area contributed by atoms with Crippen molar-refractivity contribution in [2.24, 2.45) is 0 Å². The maximum atomic E-state index is 13.0. The second-order valence-electron chi connectivity index (χ2n) is 9.20. The molecule has 8 nitrogen and oxygen atoms in total. The van der Waals surface area contributed by atoms with Crippen LogP contribution in [0.3, 0.4) is 0 Å². The molecule has 0 bridgehead atoms. The van der Waals surface area contributed by atoms with Gasteiger partial charge in [-0.3, -0.25) is 19.9 Å². The van der Waals surface area contributed by atoms with E-state index < -0.39 is 0 Å². The Morgan fingerprint density at radius 2 is 2.16 bits per heavy atom. The average molecular weight is 532 g/mol. The summed E-state index contributed by atoms with van der Waals surface area (Å²) in [5, 5.41) is 6.40. The van der Waals surface area contributed by atoms with E-state index in [0.29, 0.717) is 36.0 Å². The van der Waals surface area contributed by atoms with Crippen LogP contribution in [-0.2, 0) is 22.5 Å². The van der Waals surface area contributed by atoms with Crippen LogP contribution in [0.15, 0.2) is 48.1 Å². The third-order valence-electron chi connectivity index (χ3n) is 6.66. The first-order valence-electron chi connectivity index (χ1n) is 12.2. The number of nitrogens with one attached hydrogen (secondary N) is 1. The van der Waals surface area contributed by atoms with Crippen molar-refractivity contribution in [2.45, 2.75) is 38.6 Å². The Morgan fingerprint density at radius 3 is 2.97 bits per heavy atom. The molecule has 188 valence electrons. The van der Waals surface area contributed by atoms with Gasteiger partial charge >= 0.3 is 0 Å². The van der Waals surface area contributed by atoms with Crippen molar-refractivity contribution in [3.63, 3.8) is 0 Å². The highest BCUT2D eigenvalue weighted by Crippen LogP contribution is 2.35. The summed E-state index contributed by atoms with van der Waals surface area (Å²) in [5.74, 6) is 0.206. The molecular formula is C27H25N5O3S2. The Labute approximate surface area is 222 Å². The Bertz CT molecular complexity index is 1460. The van der Waals surface area contributed by atoms with Crippen LogP contribution in [-0.4, -0.2) is 40.0 Å². The highest BCUT2D eigenvalue weighted by molar-refractivity contribution is 7.15. The zero-order chi connectivity index (χ0) is 25.4. The van der Waals surface area contributed by atoms with Crippen LogP contribution in [0, 0.1) is 6.92 Å². The van der Waals surface area contributed by atoms with Crippen molar-refractivity contribution in [2.75, 3.05) is 23.4 Å². The minimum Gasteiger partial charge on any atom is -0.381 e. The standard InChI is InChI=1S/C27H25N5O3S2/c1-16-24(37-26(29-16)20-8-10-35-14-20)25(34)31-27-30-21(15-36-27)18-4-6-22-19(11-18)5-7-23(33)32(22)13-17-3-2-9-28-12-17/h2-4,6,9,11-12,15,20H,5,7-8,10,13-14H2,1H3,(H,30,31,34). The number of anilines is 2. The number of pyridine rings is 1. The van der Waals surface area contributed by atoms with E-state index in [1.54, 1.807) is 12.4 Å². The molecule has 2 aliphatic rings. The molecule has 3 aromatic heterocycles. The van der Waals surface area contributed by atoms with Crippen LogP contribution in [0.25, 0.3) is 11.3 Å². The van der Waals surface area contributed by atoms with E-state index in [1.807, 2.05) is 41.5 Å². The van der Waals surface area contributed by atoms with E-state index in [2.05, 4.69) is 26.3 Å². The second kappa shape index (κ2) is 10.1. The lowest BCUT2D eigenvalue weighted by Crippen LogP contribution is -2.34. The van der Waals surface area contributed by atoms with Crippen molar-refractivity contribution in [1.29, 1.82) is 0 Å². The fourth-order valence-corrected chi connectivity index (χ4v) is 6.51. The van der Waals surface area contributed by atoms with Crippen LogP contribution < -0.4 is 10.2 Å². The summed E-state index contributed by atoms with van der Waals surface area (Å²) < 4.78 is 5.47. The molecule has 1 atom stereocenters. The Kier molecular flexibility index (Phi) is 6.54. The number of amides is 2. The third kappa shape index (κ3) is 4.92. The molecule has 0 radical (unpaired) electrons. The molecule has 1 N–H and O–H groups in total. The quantitative estimate of drug-likeness (QED) is 0.367. The lowest BCUT2D eigenvalue weighted by Gasteiger charge is -2.29. The molecule has 37 heavy (non-hydrogen) atoms. The van der Waals surface area contributed by atoms with Crippen LogP contribution in [0.4, 0.5) is 10.8 Å². The molecular weight excluding hydrogens is 506 g/mol. The summed E-state index contributed by atoms with van der Waals surface area (Å²) in [5.41, 5.74) is 5.53. The first kappa shape index (κ1) is 23.9. The normalized spacial score (nSPS) is 17.2. The van der Waals surface area contributed by atoms with Gasteiger partial charge in [0.1, 0.15) is 4.88 Å². The van der Waals surface area contributed by atoms with E-state index in [4.69, 9.17) is 4.74 Å². The second-order valence-corrected chi connectivity index (χ2v) is 11.1. The van der Waals surface area contributed by atoms with E-state index in [1.165, 1.54) is 22.7 Å². The van der Waals surface area contributed by atoms with Gasteiger partial charge in [-0.05, 0) is 49.1 Å². The topological polar surface area (TPSA) is 97.3 Å². The first-order valence-corrected chi connectivity index (χ1v) is 13.9. The van der Waals surface area contributed by atoms with Crippen LogP contribution in [0.1, 0.15) is 50.3 Å². The van der Waals surface area contributed by atoms with Gasteiger partial charge in [0.2, 0.25) is 5.91 Å². The molecule has 1 fully saturated rings. The van der Waals surface area contributed by atoms with Crippen molar-refractivity contribution in [1.82, 2.24) is 15.0 Å². The van der Waals surface area contributed by atoms with Gasteiger partial charge in [-0.15, -0.1) is 22.7 Å². The Balaban J connectivity index is 1.18. The fraction of sp³-hybridized carbons (Fsp3) is 0.296. The molecule has 1 saturated heterocycles. The molecule has 5 heterocycles. The third-order valence-corrected chi connectivity index (χ3v) is 8.74. The zero-order valence-electron chi connectivity index (χ0n) is 20.3. The van der Waals surface area contributed by atoms with Crippen molar-refractivity contribution < 1.29 is 14.3 Å². The Hall–Kier alpha value is -3.47. The van der Waals surface area contributed by atoms with Crippen molar-refractivity contribution in [3.8, 4) is 11.3 Å². The van der Waals surface area contributed by atoms with E-state index in [0.717, 1.165) is 51.8 Å². The van der Waals surface area contributed by atoms with Crippen molar-refractivity contribution >= 4 is 45.3 Å². The molecule has 10 heteroatoms. The summed E-state index contributed by atoms with van der Waals surface area (Å²) in [4.78, 5) is 41.6. The number of ether oxygens (including phenoxy) is 1. The number of hydrogen-bond donors (Lipinski definition) is 1. The van der Waals surface area contributed by atoms with E-state index in [-0.39, 0.29) is 17.7 Å². The molecule has 4 aromatic rings. The molecule has 2 amide bonds. The van der Waals surface area contributed by atoms with Gasteiger partial charge in [0.05, 0.1) is 29.5 Å². The minimum absolute atomic E-state index is 0.115. The minimum atomic E-state index is -0.184. The monoisotopic (exact) mass is 531 g/mol. The fourth-order valence-electron chi connectivity index (χ4n) is 4.72. The van der Waals surface area contributed by atoms with E-state index in [9.17, 15) is 9.59 Å². The van der Waals surface area contributed by atoms with Crippen LogP contribution in [0.5, 0.6) is 0 Å². The highest BCUT2D eigenvalue weighted by Gasteiger charge is 2.26. The molecule has 1 aromatic carbocycles. The number of aryl methyl sites for hydroxylation is 2. The molecule has 0 spiro atoms. The molecule has 1 unspecified atom stereocenters. The molecule has 2 aliphatic heterocycles. The largest absolute Gasteiger partial charge is 0.381 e. The number of carbonyl (C=O) groups is 2. The van der Waals surface area contributed by atoms with Gasteiger partial charge in [-0.1, -0.05) is 12.1 Å². The summed E-state index contributed by atoms with van der Waals surface area (Å²) in [6.45, 7) is 3.78. The lowest BCUT2D eigenvalue weighted by molar-refractivity contribution is -0.119. The van der Waals surface area contributed by atoms with Crippen molar-refractivity contribution in [3.05, 3.63) is 74.8 Å². The number of nitrogens with zero attached hydrogens (tertiary/aromatic N) is 4. The number of hydrogen-bond acceptors (Lipinski definition) is 8. The summed E-state index contributed by atoms with van der Waals surface area (Å²) >= 11 is 2.84. The number of benzene rings is 1. The summed E-state index contributed by atoms with van der Waals surface area (Å²) in [6, 6.07) is 9.93. The number of aromatic nitrogens is 3. The maximum Gasteiger partial charge on any atom is 0.269 e. The van der Waals surface area contributed by atoms with Gasteiger partial charge in [-0.25, -0.2) is 9.97 Å². The van der Waals surface area contributed by atoms with Crippen LogP contribution >= 0.6 is 22.7 Å². The molecule has 0 aliphatic carbocycles. The smallest absolute Gasteiger partial charge is 0.269 e. The number of carbonyl (C=O) groups excluding carboxylic acids is 2. The number of fused-ring (bicyclic) bond motifs is 1. The number of thiazole rings is 2. The van der Waals surface area contributed by atoms with Gasteiger partial charge < -0.3 is 9.64 Å². The first-order chi connectivity index (χ1) is 18.0. The Morgan fingerprint density at radius 1 is 1.24 bits per heavy atom.